The number of hydrogen-bond donors (Lipinski definition) is 2. The highest BCUT2D eigenvalue weighted by molar-refractivity contribution is 9.10. The van der Waals surface area contributed by atoms with Crippen LogP contribution in [0.15, 0.2) is 22.7 Å². The Balaban J connectivity index is 2.27. The number of rotatable bonds is 4. The molecular weight excluding hydrogens is 360 g/mol. The molecule has 21 heavy (non-hydrogen) atoms. The Labute approximate surface area is 136 Å². The van der Waals surface area contributed by atoms with Crippen molar-refractivity contribution in [2.24, 2.45) is 0 Å². The maximum atomic E-state index is 12.0. The monoisotopic (exact) mass is 374 g/mol. The normalized spacial score (nSPS) is 20.9. The third-order valence-corrected chi connectivity index (χ3v) is 4.47. The van der Waals surface area contributed by atoms with E-state index < -0.39 is 12.0 Å². The molecule has 0 bridgehead atoms. The second-order valence-corrected chi connectivity index (χ2v) is 6.31. The summed E-state index contributed by atoms with van der Waals surface area (Å²) in [4.78, 5) is 24.8. The van der Waals surface area contributed by atoms with Gasteiger partial charge in [0.05, 0.1) is 6.42 Å². The summed E-state index contributed by atoms with van der Waals surface area (Å²) < 4.78 is 0.877. The predicted octanol–water partition coefficient (Wildman–Crippen LogP) is 2.44. The van der Waals surface area contributed by atoms with Crippen molar-refractivity contribution in [3.63, 3.8) is 0 Å². The van der Waals surface area contributed by atoms with Gasteiger partial charge in [-0.1, -0.05) is 33.6 Å². The first-order valence-electron chi connectivity index (χ1n) is 6.60. The van der Waals surface area contributed by atoms with E-state index in [-0.39, 0.29) is 18.4 Å². The molecule has 2 unspecified atom stereocenters. The van der Waals surface area contributed by atoms with Gasteiger partial charge in [0.1, 0.15) is 6.04 Å². The average Bonchev–Trinajstić information content (AvgIpc) is 2.40. The van der Waals surface area contributed by atoms with Gasteiger partial charge in [0.15, 0.2) is 0 Å². The molecule has 0 aliphatic carbocycles. The van der Waals surface area contributed by atoms with Crippen molar-refractivity contribution in [1.29, 1.82) is 0 Å². The summed E-state index contributed by atoms with van der Waals surface area (Å²) in [7, 11) is 0. The minimum atomic E-state index is -0.990. The molecule has 1 aromatic rings. The van der Waals surface area contributed by atoms with Gasteiger partial charge in [-0.05, 0) is 24.6 Å². The second-order valence-electron chi connectivity index (χ2n) is 4.98. The van der Waals surface area contributed by atoms with Crippen LogP contribution < -0.4 is 5.32 Å². The maximum Gasteiger partial charge on any atom is 0.305 e. The predicted molar refractivity (Wildman–Crippen MR) is 83.3 cm³/mol. The molecule has 1 saturated heterocycles. The highest BCUT2D eigenvalue weighted by atomic mass is 79.9. The maximum absolute atomic E-state index is 12.0. The largest absolute Gasteiger partial charge is 0.481 e. The Bertz CT molecular complexity index is 567. The van der Waals surface area contributed by atoms with E-state index in [9.17, 15) is 9.59 Å². The number of nitrogens with zero attached hydrogens (tertiary/aromatic N) is 1. The highest BCUT2D eigenvalue weighted by Gasteiger charge is 2.35. The van der Waals surface area contributed by atoms with E-state index in [1.165, 1.54) is 0 Å². The number of carboxylic acids is 1. The molecule has 1 amide bonds. The van der Waals surface area contributed by atoms with Crippen LogP contribution in [-0.4, -0.2) is 41.0 Å². The lowest BCUT2D eigenvalue weighted by Gasteiger charge is -2.38. The second kappa shape index (κ2) is 6.77. The van der Waals surface area contributed by atoms with Gasteiger partial charge < -0.3 is 10.4 Å². The number of piperazine rings is 1. The van der Waals surface area contributed by atoms with Crippen LogP contribution in [-0.2, 0) is 9.59 Å². The van der Waals surface area contributed by atoms with Crippen molar-refractivity contribution in [2.45, 2.75) is 25.4 Å². The lowest BCUT2D eigenvalue weighted by molar-refractivity contribution is -0.143. The molecule has 0 radical (unpaired) electrons. The zero-order valence-corrected chi connectivity index (χ0v) is 13.8. The Morgan fingerprint density at radius 1 is 1.62 bits per heavy atom. The third-order valence-electron chi connectivity index (χ3n) is 3.65. The number of nitrogens with one attached hydrogen (secondary N) is 1. The summed E-state index contributed by atoms with van der Waals surface area (Å²) in [6.07, 6.45) is -0.218. The van der Waals surface area contributed by atoms with Crippen LogP contribution in [0.25, 0.3) is 0 Å². The van der Waals surface area contributed by atoms with Gasteiger partial charge in [-0.25, -0.2) is 0 Å². The lowest BCUT2D eigenvalue weighted by atomic mass is 10.0. The number of benzene rings is 1. The van der Waals surface area contributed by atoms with Crippen LogP contribution in [0, 0.1) is 0 Å². The smallest absolute Gasteiger partial charge is 0.305 e. The van der Waals surface area contributed by atoms with E-state index in [2.05, 4.69) is 21.2 Å². The van der Waals surface area contributed by atoms with Crippen molar-refractivity contribution < 1.29 is 14.7 Å². The molecule has 0 spiro atoms. The van der Waals surface area contributed by atoms with Crippen LogP contribution >= 0.6 is 27.5 Å². The fourth-order valence-electron chi connectivity index (χ4n) is 2.59. The zero-order valence-electron chi connectivity index (χ0n) is 11.5. The van der Waals surface area contributed by atoms with E-state index in [0.717, 1.165) is 10.0 Å². The van der Waals surface area contributed by atoms with E-state index >= 15 is 0 Å². The highest BCUT2D eigenvalue weighted by Crippen LogP contribution is 2.32. The Morgan fingerprint density at radius 2 is 2.33 bits per heavy atom. The molecule has 2 N–H and O–H groups in total. The Morgan fingerprint density at radius 3 is 2.95 bits per heavy atom. The van der Waals surface area contributed by atoms with Crippen molar-refractivity contribution in [1.82, 2.24) is 10.2 Å². The molecule has 1 heterocycles. The van der Waals surface area contributed by atoms with Gasteiger partial charge in [0, 0.05) is 28.6 Å². The summed E-state index contributed by atoms with van der Waals surface area (Å²) in [5, 5.41) is 12.3. The molecule has 1 fully saturated rings. The molecule has 7 heteroatoms. The first kappa shape index (κ1) is 16.3. The Hall–Kier alpha value is -1.11. The molecular formula is C14H16BrClN2O3. The van der Waals surface area contributed by atoms with Crippen LogP contribution in [0.3, 0.4) is 0 Å². The minimum Gasteiger partial charge on any atom is -0.481 e. The fraction of sp³-hybridized carbons (Fsp3) is 0.429. The standard InChI is InChI=1S/C14H16BrClN2O3/c1-8(10-3-2-9(15)6-11(10)16)18-5-4-17-14(21)12(18)7-13(19)20/h2-3,6,8,12H,4-5,7H2,1H3,(H,17,21)(H,19,20). The Kier molecular flexibility index (Phi) is 5.24. The molecule has 0 aromatic heterocycles. The van der Waals surface area contributed by atoms with Gasteiger partial charge in [0.2, 0.25) is 5.91 Å². The summed E-state index contributed by atoms with van der Waals surface area (Å²) >= 11 is 9.62. The lowest BCUT2D eigenvalue weighted by Crippen LogP contribution is -2.56. The zero-order chi connectivity index (χ0) is 15.6. The van der Waals surface area contributed by atoms with Crippen molar-refractivity contribution >= 4 is 39.4 Å². The summed E-state index contributed by atoms with van der Waals surface area (Å²) in [6, 6.07) is 4.76. The quantitative estimate of drug-likeness (QED) is 0.848. The van der Waals surface area contributed by atoms with E-state index in [4.69, 9.17) is 16.7 Å². The fourth-order valence-corrected chi connectivity index (χ4v) is 3.42. The number of amides is 1. The molecule has 2 rings (SSSR count). The van der Waals surface area contributed by atoms with Gasteiger partial charge in [0.25, 0.3) is 0 Å². The number of hydrogen-bond acceptors (Lipinski definition) is 3. The van der Waals surface area contributed by atoms with E-state index in [1.807, 2.05) is 24.0 Å². The molecule has 2 atom stereocenters. The molecule has 114 valence electrons. The number of carbonyl (C=O) groups is 2. The summed E-state index contributed by atoms with van der Waals surface area (Å²) in [5.74, 6) is -1.24. The van der Waals surface area contributed by atoms with Crippen LogP contribution in [0.5, 0.6) is 0 Å². The number of aliphatic carboxylic acids is 1. The minimum absolute atomic E-state index is 0.138. The average molecular weight is 376 g/mol. The first-order chi connectivity index (χ1) is 9.90. The SMILES string of the molecule is CC(c1ccc(Br)cc1Cl)N1CCNC(=O)C1CC(=O)O. The first-order valence-corrected chi connectivity index (χ1v) is 7.77. The molecule has 0 saturated carbocycles. The van der Waals surface area contributed by atoms with Crippen LogP contribution in [0.4, 0.5) is 0 Å². The third kappa shape index (κ3) is 3.75. The molecule has 1 aliphatic heterocycles. The number of halogens is 2. The molecule has 1 aromatic carbocycles. The summed E-state index contributed by atoms with van der Waals surface area (Å²) in [5.41, 5.74) is 0.880. The van der Waals surface area contributed by atoms with Gasteiger partial charge >= 0.3 is 5.97 Å². The number of carboxylic acid groups (broad SMARTS) is 1. The van der Waals surface area contributed by atoms with Gasteiger partial charge in [-0.15, -0.1) is 0 Å². The van der Waals surface area contributed by atoms with Crippen molar-refractivity contribution in [3.8, 4) is 0 Å². The topological polar surface area (TPSA) is 69.6 Å². The number of carbonyl (C=O) groups excluding carboxylic acids is 1. The summed E-state index contributed by atoms with van der Waals surface area (Å²) in [6.45, 7) is 3.03. The van der Waals surface area contributed by atoms with Gasteiger partial charge in [-0.3, -0.25) is 14.5 Å². The molecule has 5 nitrogen and oxygen atoms in total. The van der Waals surface area contributed by atoms with Crippen molar-refractivity contribution in [3.05, 3.63) is 33.3 Å². The molecule has 1 aliphatic rings. The van der Waals surface area contributed by atoms with E-state index in [0.29, 0.717) is 18.1 Å². The van der Waals surface area contributed by atoms with Crippen LogP contribution in [0.2, 0.25) is 5.02 Å². The van der Waals surface area contributed by atoms with E-state index in [1.54, 1.807) is 6.07 Å². The van der Waals surface area contributed by atoms with Crippen molar-refractivity contribution in [2.75, 3.05) is 13.1 Å². The van der Waals surface area contributed by atoms with Gasteiger partial charge in [-0.2, -0.15) is 0 Å². The van der Waals surface area contributed by atoms with Crippen LogP contribution in [0.1, 0.15) is 24.9 Å².